The number of esters is 2. The molecule has 1 heterocycles. The predicted octanol–water partition coefficient (Wildman–Crippen LogP) is 5.91. The van der Waals surface area contributed by atoms with Gasteiger partial charge in [0.1, 0.15) is 10.6 Å². The second kappa shape index (κ2) is 12.0. The molecule has 176 valence electrons. The Morgan fingerprint density at radius 2 is 1.71 bits per heavy atom. The van der Waals surface area contributed by atoms with Crippen molar-refractivity contribution in [2.24, 2.45) is 0 Å². The molecule has 1 amide bonds. The average molecular weight is 478 g/mol. The molecule has 2 aromatic carbocycles. The predicted molar refractivity (Wildman–Crippen MR) is 135 cm³/mol. The number of hydrogen-bond acceptors (Lipinski definition) is 6. The molecule has 7 heteroatoms. The summed E-state index contributed by atoms with van der Waals surface area (Å²) in [6.07, 6.45) is 2.91. The first-order valence-corrected chi connectivity index (χ1v) is 11.9. The molecular formula is C27H27NO5S. The number of thiophene rings is 1. The lowest BCUT2D eigenvalue weighted by atomic mass is 10.0. The second-order valence-corrected chi connectivity index (χ2v) is 8.63. The van der Waals surface area contributed by atoms with Crippen LogP contribution in [-0.2, 0) is 19.1 Å². The summed E-state index contributed by atoms with van der Waals surface area (Å²) >= 11 is 1.21. The van der Waals surface area contributed by atoms with Gasteiger partial charge in [-0.1, -0.05) is 68.4 Å². The van der Waals surface area contributed by atoms with Gasteiger partial charge in [0.15, 0.2) is 6.61 Å². The third-order valence-corrected chi connectivity index (χ3v) is 5.86. The van der Waals surface area contributed by atoms with Crippen LogP contribution >= 0.6 is 11.3 Å². The van der Waals surface area contributed by atoms with E-state index in [4.69, 9.17) is 9.47 Å². The van der Waals surface area contributed by atoms with E-state index in [1.165, 1.54) is 23.0 Å². The van der Waals surface area contributed by atoms with E-state index in [1.54, 1.807) is 18.4 Å². The Labute approximate surface area is 203 Å². The molecule has 0 radical (unpaired) electrons. The van der Waals surface area contributed by atoms with Crippen LogP contribution in [0.1, 0.15) is 48.2 Å². The first-order valence-electron chi connectivity index (χ1n) is 11.0. The van der Waals surface area contributed by atoms with E-state index in [2.05, 4.69) is 19.2 Å². The molecule has 0 aliphatic rings. The minimum atomic E-state index is -0.634. The van der Waals surface area contributed by atoms with Crippen LogP contribution in [0.25, 0.3) is 17.2 Å². The normalized spacial score (nSPS) is 10.9. The molecular weight excluding hydrogens is 450 g/mol. The summed E-state index contributed by atoms with van der Waals surface area (Å²) in [5.74, 6) is -1.28. The van der Waals surface area contributed by atoms with Crippen LogP contribution in [0.3, 0.4) is 0 Å². The maximum atomic E-state index is 12.6. The Balaban J connectivity index is 1.62. The first-order chi connectivity index (χ1) is 16.4. The Morgan fingerprint density at radius 1 is 1.00 bits per heavy atom. The summed E-state index contributed by atoms with van der Waals surface area (Å²) in [6.45, 7) is 5.68. The summed E-state index contributed by atoms with van der Waals surface area (Å²) < 4.78 is 10.2. The van der Waals surface area contributed by atoms with Gasteiger partial charge in [-0.3, -0.25) is 4.79 Å². The van der Waals surface area contributed by atoms with Crippen LogP contribution < -0.4 is 5.32 Å². The van der Waals surface area contributed by atoms with E-state index >= 15 is 0 Å². The third-order valence-electron chi connectivity index (χ3n) is 4.97. The zero-order valence-corrected chi connectivity index (χ0v) is 20.2. The van der Waals surface area contributed by atoms with Gasteiger partial charge in [-0.25, -0.2) is 9.59 Å². The molecule has 0 bridgehead atoms. The van der Waals surface area contributed by atoms with Gasteiger partial charge in [-0.05, 0) is 35.6 Å². The van der Waals surface area contributed by atoms with Crippen molar-refractivity contribution < 1.29 is 23.9 Å². The van der Waals surface area contributed by atoms with E-state index < -0.39 is 24.5 Å². The third kappa shape index (κ3) is 6.65. The highest BCUT2D eigenvalue weighted by Gasteiger charge is 2.23. The van der Waals surface area contributed by atoms with E-state index in [0.29, 0.717) is 16.5 Å². The number of benzene rings is 2. The summed E-state index contributed by atoms with van der Waals surface area (Å²) in [6, 6.07) is 17.2. The maximum absolute atomic E-state index is 12.6. The minimum Gasteiger partial charge on any atom is -0.462 e. The Kier molecular flexibility index (Phi) is 8.76. The van der Waals surface area contributed by atoms with Gasteiger partial charge < -0.3 is 14.8 Å². The lowest BCUT2D eigenvalue weighted by Crippen LogP contribution is -2.21. The molecule has 0 aliphatic heterocycles. The number of hydrogen-bond donors (Lipinski definition) is 1. The van der Waals surface area contributed by atoms with Crippen LogP contribution in [0.2, 0.25) is 0 Å². The molecule has 3 rings (SSSR count). The standard InChI is InChI=1S/C27H27NO5S/c1-4-32-27(31)25-22(21-8-6-5-7-9-21)17-34-26(25)28-23(29)16-33-24(30)15-12-19-10-13-20(14-11-19)18(2)3/h5-15,17-18H,4,16H2,1-3H3,(H,28,29)/b15-12+. The molecule has 34 heavy (non-hydrogen) atoms. The zero-order valence-electron chi connectivity index (χ0n) is 19.4. The summed E-state index contributed by atoms with van der Waals surface area (Å²) in [4.78, 5) is 37.0. The summed E-state index contributed by atoms with van der Waals surface area (Å²) in [7, 11) is 0. The highest BCUT2D eigenvalue weighted by Crippen LogP contribution is 2.36. The number of anilines is 1. The van der Waals surface area contributed by atoms with Gasteiger partial charge in [0.25, 0.3) is 5.91 Å². The van der Waals surface area contributed by atoms with Crippen molar-refractivity contribution in [2.75, 3.05) is 18.5 Å². The Bertz CT molecular complexity index is 1160. The number of carbonyl (C=O) groups excluding carboxylic acids is 3. The fourth-order valence-corrected chi connectivity index (χ4v) is 4.16. The first kappa shape index (κ1) is 24.9. The maximum Gasteiger partial charge on any atom is 0.341 e. The lowest BCUT2D eigenvalue weighted by molar-refractivity contribution is -0.142. The topological polar surface area (TPSA) is 81.7 Å². The zero-order chi connectivity index (χ0) is 24.5. The molecule has 3 aromatic rings. The number of carbonyl (C=O) groups is 3. The number of rotatable bonds is 9. The van der Waals surface area contributed by atoms with Crippen LogP contribution in [0, 0.1) is 0 Å². The molecule has 0 fully saturated rings. The van der Waals surface area contributed by atoms with Crippen molar-refractivity contribution in [1.82, 2.24) is 0 Å². The average Bonchev–Trinajstić information content (AvgIpc) is 3.26. The summed E-state index contributed by atoms with van der Waals surface area (Å²) in [5, 5.41) is 4.80. The van der Waals surface area contributed by atoms with Gasteiger partial charge in [-0.2, -0.15) is 0 Å². The van der Waals surface area contributed by atoms with Crippen molar-refractivity contribution >= 4 is 40.3 Å². The molecule has 1 aromatic heterocycles. The lowest BCUT2D eigenvalue weighted by Gasteiger charge is -2.09. The monoisotopic (exact) mass is 477 g/mol. The highest BCUT2D eigenvalue weighted by molar-refractivity contribution is 7.15. The number of nitrogens with one attached hydrogen (secondary N) is 1. The van der Waals surface area contributed by atoms with Crippen LogP contribution in [-0.4, -0.2) is 31.1 Å². The van der Waals surface area contributed by atoms with Gasteiger partial charge in [-0.15, -0.1) is 11.3 Å². The van der Waals surface area contributed by atoms with Crippen molar-refractivity contribution in [2.45, 2.75) is 26.7 Å². The van der Waals surface area contributed by atoms with Crippen LogP contribution in [0.5, 0.6) is 0 Å². The molecule has 0 saturated heterocycles. The highest BCUT2D eigenvalue weighted by atomic mass is 32.1. The minimum absolute atomic E-state index is 0.209. The van der Waals surface area contributed by atoms with Crippen LogP contribution in [0.4, 0.5) is 5.00 Å². The molecule has 0 unspecified atom stereocenters. The number of ether oxygens (including phenoxy) is 2. The second-order valence-electron chi connectivity index (χ2n) is 7.75. The van der Waals surface area contributed by atoms with Gasteiger partial charge in [0.2, 0.25) is 0 Å². The smallest absolute Gasteiger partial charge is 0.341 e. The largest absolute Gasteiger partial charge is 0.462 e. The summed E-state index contributed by atoms with van der Waals surface area (Å²) in [5.41, 5.74) is 3.85. The van der Waals surface area contributed by atoms with Crippen molar-refractivity contribution in [3.05, 3.63) is 82.7 Å². The Hall–Kier alpha value is -3.71. The fourth-order valence-electron chi connectivity index (χ4n) is 3.19. The molecule has 0 aliphatic carbocycles. The molecule has 0 spiro atoms. The van der Waals surface area contributed by atoms with Gasteiger partial charge in [0, 0.05) is 17.0 Å². The van der Waals surface area contributed by atoms with Gasteiger partial charge >= 0.3 is 11.9 Å². The quantitative estimate of drug-likeness (QED) is 0.306. The van der Waals surface area contributed by atoms with E-state index in [-0.39, 0.29) is 12.2 Å². The van der Waals surface area contributed by atoms with Crippen molar-refractivity contribution in [3.8, 4) is 11.1 Å². The Morgan fingerprint density at radius 3 is 2.35 bits per heavy atom. The molecule has 6 nitrogen and oxygen atoms in total. The van der Waals surface area contributed by atoms with Gasteiger partial charge in [0.05, 0.1) is 6.61 Å². The SMILES string of the molecule is CCOC(=O)c1c(-c2ccccc2)csc1NC(=O)COC(=O)/C=C/c1ccc(C(C)C)cc1. The van der Waals surface area contributed by atoms with E-state index in [1.807, 2.05) is 54.6 Å². The molecule has 0 atom stereocenters. The van der Waals surface area contributed by atoms with Crippen molar-refractivity contribution in [3.63, 3.8) is 0 Å². The number of amides is 1. The van der Waals surface area contributed by atoms with E-state index in [9.17, 15) is 14.4 Å². The van der Waals surface area contributed by atoms with Crippen LogP contribution in [0.15, 0.2) is 66.1 Å². The molecule has 0 saturated carbocycles. The van der Waals surface area contributed by atoms with E-state index in [0.717, 1.165) is 11.1 Å². The molecule has 1 N–H and O–H groups in total. The van der Waals surface area contributed by atoms with Crippen molar-refractivity contribution in [1.29, 1.82) is 0 Å². The fraction of sp³-hybridized carbons (Fsp3) is 0.222.